The molecular formula is C24H28ClN7O2. The summed E-state index contributed by atoms with van der Waals surface area (Å²) in [7, 11) is 0. The van der Waals surface area contributed by atoms with Crippen LogP contribution in [0.1, 0.15) is 32.8 Å². The summed E-state index contributed by atoms with van der Waals surface area (Å²) >= 11 is 0. The van der Waals surface area contributed by atoms with Crippen molar-refractivity contribution >= 4 is 52.5 Å². The zero-order chi connectivity index (χ0) is 23.8. The van der Waals surface area contributed by atoms with Gasteiger partial charge in [0.1, 0.15) is 5.82 Å². The molecule has 1 fully saturated rings. The first kappa shape index (κ1) is 24.9. The van der Waals surface area contributed by atoms with Crippen molar-refractivity contribution in [1.82, 2.24) is 14.9 Å². The standard InChI is InChI=1S/C24H27N7O2.ClH/c1-24(2,3)31(23(32)33)18-8-9-30(14-18)21-19-6-4-5-7-20(19)28-22(29-21)27-17-11-15(13-25)10-16(26)12-17;/h4-7,10-12,18H,8-9,14,26H2,1-3H3,(H,32,33)(H,27,28,29);1H. The van der Waals surface area contributed by atoms with Crippen LogP contribution < -0.4 is 16.0 Å². The molecule has 0 bridgehead atoms. The third-order valence-corrected chi connectivity index (χ3v) is 5.68. The van der Waals surface area contributed by atoms with E-state index in [0.717, 1.165) is 16.7 Å². The van der Waals surface area contributed by atoms with Gasteiger partial charge in [-0.3, -0.25) is 4.90 Å². The van der Waals surface area contributed by atoms with Gasteiger partial charge in [0.25, 0.3) is 0 Å². The molecule has 34 heavy (non-hydrogen) atoms. The lowest BCUT2D eigenvalue weighted by atomic mass is 10.0. The van der Waals surface area contributed by atoms with E-state index in [9.17, 15) is 15.2 Å². The zero-order valence-corrected chi connectivity index (χ0v) is 20.1. The number of nitrogens with one attached hydrogen (secondary N) is 1. The Bertz CT molecular complexity index is 1250. The lowest BCUT2D eigenvalue weighted by molar-refractivity contribution is 0.0763. The van der Waals surface area contributed by atoms with Crippen molar-refractivity contribution in [2.24, 2.45) is 0 Å². The fraction of sp³-hybridized carbons (Fsp3) is 0.333. The number of nitrogens with zero attached hydrogens (tertiary/aromatic N) is 5. The van der Waals surface area contributed by atoms with Crippen LogP contribution in [-0.4, -0.2) is 50.7 Å². The molecular weight excluding hydrogens is 454 g/mol. The van der Waals surface area contributed by atoms with Crippen LogP contribution in [0.25, 0.3) is 10.9 Å². The van der Waals surface area contributed by atoms with Crippen molar-refractivity contribution in [3.8, 4) is 6.07 Å². The van der Waals surface area contributed by atoms with Crippen molar-refractivity contribution in [1.29, 1.82) is 5.26 Å². The van der Waals surface area contributed by atoms with E-state index in [1.54, 1.807) is 18.2 Å². The second-order valence-electron chi connectivity index (χ2n) is 9.18. The molecule has 1 atom stereocenters. The first-order valence-electron chi connectivity index (χ1n) is 10.8. The number of fused-ring (bicyclic) bond motifs is 1. The topological polar surface area (TPSA) is 131 Å². The van der Waals surface area contributed by atoms with Crippen molar-refractivity contribution in [3.05, 3.63) is 48.0 Å². The maximum atomic E-state index is 12.0. The molecule has 4 rings (SSSR count). The number of aromatic nitrogens is 2. The predicted molar refractivity (Wildman–Crippen MR) is 136 cm³/mol. The van der Waals surface area contributed by atoms with Crippen LogP contribution in [0.2, 0.25) is 0 Å². The van der Waals surface area contributed by atoms with Gasteiger partial charge < -0.3 is 21.1 Å². The fourth-order valence-corrected chi connectivity index (χ4v) is 4.41. The lowest BCUT2D eigenvalue weighted by Crippen LogP contribution is -2.52. The molecule has 10 heteroatoms. The van der Waals surface area contributed by atoms with Gasteiger partial charge in [0.05, 0.1) is 23.2 Å². The number of anilines is 4. The Hall–Kier alpha value is -3.77. The summed E-state index contributed by atoms with van der Waals surface area (Å²) in [6.07, 6.45) is -0.204. The fourth-order valence-electron chi connectivity index (χ4n) is 4.41. The minimum absolute atomic E-state index is 0. The van der Waals surface area contributed by atoms with E-state index < -0.39 is 11.6 Å². The van der Waals surface area contributed by atoms with Crippen molar-refractivity contribution < 1.29 is 9.90 Å². The molecule has 3 aromatic rings. The highest BCUT2D eigenvalue weighted by atomic mass is 35.5. The third kappa shape index (κ3) is 5.07. The largest absolute Gasteiger partial charge is 0.465 e. The molecule has 1 aliphatic heterocycles. The molecule has 0 saturated carbocycles. The summed E-state index contributed by atoms with van der Waals surface area (Å²) in [5.41, 5.74) is 7.72. The van der Waals surface area contributed by atoms with E-state index in [1.165, 1.54) is 4.90 Å². The first-order chi connectivity index (χ1) is 15.7. The van der Waals surface area contributed by atoms with Gasteiger partial charge in [0.2, 0.25) is 5.95 Å². The predicted octanol–water partition coefficient (Wildman–Crippen LogP) is 4.61. The molecule has 1 saturated heterocycles. The molecule has 0 aliphatic carbocycles. The summed E-state index contributed by atoms with van der Waals surface area (Å²) in [6.45, 7) is 6.95. The Morgan fingerprint density at radius 1 is 1.26 bits per heavy atom. The second-order valence-corrected chi connectivity index (χ2v) is 9.18. The highest BCUT2D eigenvalue weighted by molar-refractivity contribution is 5.91. The number of carbonyl (C=O) groups is 1. The zero-order valence-electron chi connectivity index (χ0n) is 19.3. The molecule has 1 unspecified atom stereocenters. The molecule has 178 valence electrons. The van der Waals surface area contributed by atoms with Crippen LogP contribution >= 0.6 is 12.4 Å². The van der Waals surface area contributed by atoms with Gasteiger partial charge in [-0.25, -0.2) is 9.78 Å². The number of nitriles is 1. The molecule has 2 aromatic carbocycles. The van der Waals surface area contributed by atoms with Crippen molar-refractivity contribution in [3.63, 3.8) is 0 Å². The van der Waals surface area contributed by atoms with E-state index in [4.69, 9.17) is 10.7 Å². The number of rotatable bonds is 4. The normalized spacial score (nSPS) is 15.5. The number of hydrogen-bond donors (Lipinski definition) is 3. The highest BCUT2D eigenvalue weighted by Gasteiger charge is 2.38. The van der Waals surface area contributed by atoms with Gasteiger partial charge in [0.15, 0.2) is 0 Å². The van der Waals surface area contributed by atoms with Gasteiger partial charge in [-0.05, 0) is 57.5 Å². The number of halogens is 1. The van der Waals surface area contributed by atoms with Gasteiger partial charge in [-0.2, -0.15) is 10.2 Å². The summed E-state index contributed by atoms with van der Waals surface area (Å²) < 4.78 is 0. The smallest absolute Gasteiger partial charge is 0.408 e. The van der Waals surface area contributed by atoms with Gasteiger partial charge in [0, 0.05) is 35.4 Å². The molecule has 4 N–H and O–H groups in total. The van der Waals surface area contributed by atoms with E-state index in [-0.39, 0.29) is 18.4 Å². The average Bonchev–Trinajstić information content (AvgIpc) is 3.20. The Kier molecular flexibility index (Phi) is 7.03. The maximum Gasteiger partial charge on any atom is 0.408 e. The number of nitrogen functional groups attached to an aromatic ring is 1. The van der Waals surface area contributed by atoms with Crippen LogP contribution in [0.5, 0.6) is 0 Å². The van der Waals surface area contributed by atoms with Crippen LogP contribution in [0.15, 0.2) is 42.5 Å². The summed E-state index contributed by atoms with van der Waals surface area (Å²) in [6, 6.07) is 14.7. The molecule has 0 radical (unpaired) electrons. The minimum atomic E-state index is -0.917. The number of carboxylic acid groups (broad SMARTS) is 1. The molecule has 1 aliphatic rings. The Balaban J connectivity index is 0.00000324. The van der Waals surface area contributed by atoms with E-state index in [0.29, 0.717) is 42.4 Å². The number of amides is 1. The lowest BCUT2D eigenvalue weighted by Gasteiger charge is -2.38. The molecule has 1 amide bonds. The van der Waals surface area contributed by atoms with E-state index in [1.807, 2.05) is 45.0 Å². The highest BCUT2D eigenvalue weighted by Crippen LogP contribution is 2.32. The number of hydrogen-bond acceptors (Lipinski definition) is 7. The van der Waals surface area contributed by atoms with Crippen LogP contribution in [-0.2, 0) is 0 Å². The monoisotopic (exact) mass is 481 g/mol. The molecule has 1 aromatic heterocycles. The molecule has 2 heterocycles. The quantitative estimate of drug-likeness (QED) is 0.460. The summed E-state index contributed by atoms with van der Waals surface area (Å²) in [4.78, 5) is 25.0. The summed E-state index contributed by atoms with van der Waals surface area (Å²) in [5.74, 6) is 1.13. The Morgan fingerprint density at radius 2 is 2.00 bits per heavy atom. The van der Waals surface area contributed by atoms with E-state index in [2.05, 4.69) is 21.3 Å². The van der Waals surface area contributed by atoms with Gasteiger partial charge >= 0.3 is 6.09 Å². The van der Waals surface area contributed by atoms with Crippen molar-refractivity contribution in [2.45, 2.75) is 38.8 Å². The van der Waals surface area contributed by atoms with Crippen LogP contribution in [0.3, 0.4) is 0 Å². The average molecular weight is 482 g/mol. The molecule has 9 nitrogen and oxygen atoms in total. The van der Waals surface area contributed by atoms with Gasteiger partial charge in [-0.15, -0.1) is 12.4 Å². The second kappa shape index (κ2) is 9.61. The number of nitrogens with two attached hydrogens (primary N) is 1. The summed E-state index contributed by atoms with van der Waals surface area (Å²) in [5, 5.41) is 23.1. The molecule has 0 spiro atoms. The number of para-hydroxylation sites is 1. The minimum Gasteiger partial charge on any atom is -0.465 e. The number of benzene rings is 2. The van der Waals surface area contributed by atoms with Crippen molar-refractivity contribution in [2.75, 3.05) is 29.0 Å². The third-order valence-electron chi connectivity index (χ3n) is 5.68. The Labute approximate surface area is 204 Å². The SMILES string of the molecule is CC(C)(C)N(C(=O)O)C1CCN(c2nc(Nc3cc(N)cc(C#N)c3)nc3ccccc23)C1.Cl. The Morgan fingerprint density at radius 3 is 2.68 bits per heavy atom. The van der Waals surface area contributed by atoms with Gasteiger partial charge in [-0.1, -0.05) is 12.1 Å². The van der Waals surface area contributed by atoms with E-state index >= 15 is 0 Å². The maximum absolute atomic E-state index is 12.0. The van der Waals surface area contributed by atoms with Crippen LogP contribution in [0, 0.1) is 11.3 Å². The van der Waals surface area contributed by atoms with Crippen LogP contribution in [0.4, 0.5) is 27.9 Å². The first-order valence-corrected chi connectivity index (χ1v) is 10.8.